The monoisotopic (exact) mass is 461 g/mol. The number of thiophene rings is 1. The van der Waals surface area contributed by atoms with Crippen molar-refractivity contribution in [2.24, 2.45) is 0 Å². The lowest BCUT2D eigenvalue weighted by Gasteiger charge is -2.33. The second-order valence-corrected chi connectivity index (χ2v) is 9.14. The highest BCUT2D eigenvalue weighted by Crippen LogP contribution is 2.29. The molecule has 0 saturated carbocycles. The molecule has 1 amide bonds. The normalized spacial score (nSPS) is 14.7. The minimum Gasteiger partial charge on any atom is -0.367 e. The molecule has 1 aromatic carbocycles. The first kappa shape index (κ1) is 21.0. The van der Waals surface area contributed by atoms with Gasteiger partial charge >= 0.3 is 0 Å². The molecule has 0 aliphatic carbocycles. The number of carbonyl (C=O) groups excluding carboxylic acids is 1. The fourth-order valence-electron chi connectivity index (χ4n) is 4.05. The Bertz CT molecular complexity index is 1250. The minimum atomic E-state index is 0.189. The number of benzene rings is 1. The van der Waals surface area contributed by atoms with Gasteiger partial charge in [0, 0.05) is 42.0 Å². The van der Waals surface area contributed by atoms with E-state index < -0.39 is 0 Å². The number of hydrogen-bond donors (Lipinski definition) is 1. The highest BCUT2D eigenvalue weighted by Gasteiger charge is 2.24. The quantitative estimate of drug-likeness (QED) is 0.462. The zero-order valence-electron chi connectivity index (χ0n) is 17.4. The van der Waals surface area contributed by atoms with Crippen molar-refractivity contribution in [3.05, 3.63) is 63.9 Å². The zero-order chi connectivity index (χ0) is 22.1. The summed E-state index contributed by atoms with van der Waals surface area (Å²) in [6.45, 7) is 1.46. The first-order valence-electron chi connectivity index (χ1n) is 10.5. The number of piperidine rings is 1. The number of aromatic nitrogens is 3. The fourth-order valence-corrected chi connectivity index (χ4v) is 4.95. The Labute approximate surface area is 196 Å². The van der Waals surface area contributed by atoms with Crippen molar-refractivity contribution in [1.82, 2.24) is 19.5 Å². The third kappa shape index (κ3) is 4.25. The number of halogens is 1. The molecule has 5 rings (SSSR count). The summed E-state index contributed by atoms with van der Waals surface area (Å²) >= 11 is 8.03. The topological polar surface area (TPSA) is 62.5 Å². The van der Waals surface area contributed by atoms with Crippen LogP contribution in [0.15, 0.2) is 53.4 Å². The molecule has 1 aliphatic rings. The Morgan fingerprint density at radius 1 is 1.25 bits per heavy atom. The van der Waals surface area contributed by atoms with Crippen LogP contribution in [0.1, 0.15) is 18.4 Å². The number of amides is 1. The smallest absolute Gasteiger partial charge is 0.227 e. The molecule has 0 atom stereocenters. The average molecular weight is 462 g/mol. The summed E-state index contributed by atoms with van der Waals surface area (Å²) in [5, 5.41) is 12.7. The van der Waals surface area contributed by atoms with Gasteiger partial charge in [-0.1, -0.05) is 29.8 Å². The van der Waals surface area contributed by atoms with Gasteiger partial charge < -0.3 is 10.2 Å². The van der Waals surface area contributed by atoms with Crippen LogP contribution in [0.3, 0.4) is 0 Å². The molecule has 0 bridgehead atoms. The van der Waals surface area contributed by atoms with Gasteiger partial charge in [-0.15, -0.1) is 0 Å². The first-order valence-corrected chi connectivity index (χ1v) is 11.8. The van der Waals surface area contributed by atoms with E-state index in [0.29, 0.717) is 22.6 Å². The maximum absolute atomic E-state index is 12.6. The van der Waals surface area contributed by atoms with E-state index in [1.807, 2.05) is 52.1 Å². The van der Waals surface area contributed by atoms with Gasteiger partial charge in [0.15, 0.2) is 5.65 Å². The van der Waals surface area contributed by atoms with E-state index in [1.54, 1.807) is 22.0 Å². The predicted molar refractivity (Wildman–Crippen MR) is 130 cm³/mol. The standard InChI is InChI=1S/C23H21BClN5OS/c24-18-13-26-30-21(12-20(28-23(18)30)17-3-1-2-4-19(17)25)27-16-5-8-29(9-6-16)22(31)11-15-7-10-32-14-15/h1-4,7,10,12-14,16,27H,5-6,8-9,11H2. The van der Waals surface area contributed by atoms with E-state index in [0.717, 1.165) is 48.6 Å². The highest BCUT2D eigenvalue weighted by atomic mass is 35.5. The lowest BCUT2D eigenvalue weighted by molar-refractivity contribution is -0.131. The van der Waals surface area contributed by atoms with E-state index in [2.05, 4.69) is 15.4 Å². The molecule has 4 aromatic rings. The summed E-state index contributed by atoms with van der Waals surface area (Å²) in [5.74, 6) is 0.999. The van der Waals surface area contributed by atoms with Crippen LogP contribution in [0.2, 0.25) is 5.02 Å². The third-order valence-electron chi connectivity index (χ3n) is 5.78. The number of likely N-dealkylation sites (tertiary alicyclic amines) is 1. The van der Waals surface area contributed by atoms with Gasteiger partial charge in [0.2, 0.25) is 5.91 Å². The van der Waals surface area contributed by atoms with Crippen LogP contribution >= 0.6 is 22.9 Å². The summed E-state index contributed by atoms with van der Waals surface area (Å²) in [7, 11) is 6.12. The number of fused-ring (bicyclic) bond motifs is 1. The van der Waals surface area contributed by atoms with Crippen LogP contribution in [0.25, 0.3) is 16.9 Å². The number of carbonyl (C=O) groups is 1. The Morgan fingerprint density at radius 2 is 2.06 bits per heavy atom. The van der Waals surface area contributed by atoms with Gasteiger partial charge in [-0.25, -0.2) is 4.98 Å². The van der Waals surface area contributed by atoms with Crippen molar-refractivity contribution in [2.45, 2.75) is 25.3 Å². The number of nitrogens with one attached hydrogen (secondary N) is 1. The van der Waals surface area contributed by atoms with Crippen LogP contribution in [0.4, 0.5) is 5.82 Å². The Hall–Kier alpha value is -2.84. The molecule has 9 heteroatoms. The molecular formula is C23H21BClN5OS. The van der Waals surface area contributed by atoms with Crippen molar-refractivity contribution in [3.8, 4) is 11.3 Å². The van der Waals surface area contributed by atoms with Gasteiger partial charge in [-0.05, 0) is 46.8 Å². The van der Waals surface area contributed by atoms with Crippen LogP contribution in [0.5, 0.6) is 0 Å². The Kier molecular flexibility index (Phi) is 5.89. The number of nitrogens with zero attached hydrogens (tertiary/aromatic N) is 4. The lowest BCUT2D eigenvalue weighted by atomic mass is 10.0. The number of hydrogen-bond acceptors (Lipinski definition) is 5. The number of rotatable bonds is 5. The van der Waals surface area contributed by atoms with Crippen molar-refractivity contribution >= 4 is 53.6 Å². The van der Waals surface area contributed by atoms with Crippen molar-refractivity contribution in [3.63, 3.8) is 0 Å². The second-order valence-electron chi connectivity index (χ2n) is 7.95. The van der Waals surface area contributed by atoms with Gasteiger partial charge in [0.25, 0.3) is 0 Å². The van der Waals surface area contributed by atoms with Crippen LogP contribution in [0, 0.1) is 0 Å². The minimum absolute atomic E-state index is 0.189. The molecule has 1 N–H and O–H groups in total. The zero-order valence-corrected chi connectivity index (χ0v) is 18.9. The third-order valence-corrected chi connectivity index (χ3v) is 6.85. The largest absolute Gasteiger partial charge is 0.367 e. The molecule has 1 saturated heterocycles. The van der Waals surface area contributed by atoms with E-state index in [4.69, 9.17) is 19.4 Å². The van der Waals surface area contributed by atoms with Crippen LogP contribution < -0.4 is 10.8 Å². The van der Waals surface area contributed by atoms with Crippen molar-refractivity contribution < 1.29 is 4.79 Å². The summed E-state index contributed by atoms with van der Waals surface area (Å²) in [6, 6.07) is 11.8. The number of anilines is 1. The lowest BCUT2D eigenvalue weighted by Crippen LogP contribution is -2.43. The summed E-state index contributed by atoms with van der Waals surface area (Å²) in [4.78, 5) is 19.2. The second kappa shape index (κ2) is 8.96. The average Bonchev–Trinajstić information content (AvgIpc) is 3.44. The van der Waals surface area contributed by atoms with E-state index in [9.17, 15) is 4.79 Å². The van der Waals surface area contributed by atoms with Gasteiger partial charge in [0.05, 0.1) is 12.1 Å². The molecule has 6 nitrogen and oxygen atoms in total. The molecule has 0 unspecified atom stereocenters. The maximum atomic E-state index is 12.6. The van der Waals surface area contributed by atoms with Crippen LogP contribution in [-0.2, 0) is 11.2 Å². The highest BCUT2D eigenvalue weighted by molar-refractivity contribution is 7.08. The van der Waals surface area contributed by atoms with Gasteiger partial charge in [-0.2, -0.15) is 21.0 Å². The van der Waals surface area contributed by atoms with E-state index >= 15 is 0 Å². The molecule has 0 spiro atoms. The predicted octanol–water partition coefficient (Wildman–Crippen LogP) is 3.55. The maximum Gasteiger partial charge on any atom is 0.227 e. The Morgan fingerprint density at radius 3 is 2.81 bits per heavy atom. The molecule has 3 aromatic heterocycles. The molecule has 32 heavy (non-hydrogen) atoms. The van der Waals surface area contributed by atoms with E-state index in [-0.39, 0.29) is 11.9 Å². The van der Waals surface area contributed by atoms with Gasteiger partial charge in [-0.3, -0.25) is 4.79 Å². The van der Waals surface area contributed by atoms with Crippen molar-refractivity contribution in [1.29, 1.82) is 0 Å². The summed E-state index contributed by atoms with van der Waals surface area (Å²) in [5.41, 5.74) is 3.77. The molecule has 160 valence electrons. The first-order chi connectivity index (χ1) is 15.6. The van der Waals surface area contributed by atoms with E-state index in [1.165, 1.54) is 0 Å². The molecule has 2 radical (unpaired) electrons. The molecule has 1 aliphatic heterocycles. The van der Waals surface area contributed by atoms with Gasteiger partial charge in [0.1, 0.15) is 13.7 Å². The summed E-state index contributed by atoms with van der Waals surface area (Å²) < 4.78 is 1.73. The molecule has 4 heterocycles. The van der Waals surface area contributed by atoms with Crippen LogP contribution in [-0.4, -0.2) is 52.4 Å². The molecule has 1 fully saturated rings. The molecular weight excluding hydrogens is 441 g/mol. The summed E-state index contributed by atoms with van der Waals surface area (Å²) in [6.07, 6.45) is 3.80. The SMILES string of the molecule is [B]c1cnn2c(NC3CCN(C(=O)Cc4ccsc4)CC3)cc(-c3ccccc3Cl)nc12. The van der Waals surface area contributed by atoms with Crippen molar-refractivity contribution in [2.75, 3.05) is 18.4 Å². The Balaban J connectivity index is 1.33. The fraction of sp³-hybridized carbons (Fsp3) is 0.261.